The highest BCUT2D eigenvalue weighted by atomic mass is 32.1. The lowest BCUT2D eigenvalue weighted by Crippen LogP contribution is -2.29. The van der Waals surface area contributed by atoms with Gasteiger partial charge in [-0.3, -0.25) is 9.97 Å². The Balaban J connectivity index is 1.58. The van der Waals surface area contributed by atoms with Crippen molar-refractivity contribution in [1.29, 1.82) is 0 Å². The van der Waals surface area contributed by atoms with Gasteiger partial charge in [0.2, 0.25) is 0 Å². The first kappa shape index (κ1) is 20.2. The highest BCUT2D eigenvalue weighted by Gasteiger charge is 2.41. The third-order valence-electron chi connectivity index (χ3n) is 6.79. The molecule has 1 N–H and O–H groups in total. The minimum atomic E-state index is 0.00920. The van der Waals surface area contributed by atoms with Crippen molar-refractivity contribution in [2.45, 2.75) is 64.2 Å². The van der Waals surface area contributed by atoms with E-state index in [1.807, 2.05) is 36.7 Å². The number of nitrogens with zero attached hydrogens (tertiary/aromatic N) is 4. The number of rotatable bonds is 5. The largest absolute Gasteiger partial charge is 0.352 e. The maximum Gasteiger partial charge on any atom is 0.170 e. The van der Waals surface area contributed by atoms with Crippen molar-refractivity contribution in [2.75, 3.05) is 0 Å². The normalized spacial score (nSPS) is 21.6. The van der Waals surface area contributed by atoms with Crippen molar-refractivity contribution in [3.63, 3.8) is 0 Å². The average molecular weight is 432 g/mol. The molecule has 0 radical (unpaired) electrons. The molecule has 0 bridgehead atoms. The summed E-state index contributed by atoms with van der Waals surface area (Å²) in [5.41, 5.74) is 6.07. The second kappa shape index (κ2) is 8.42. The van der Waals surface area contributed by atoms with Gasteiger partial charge in [0.15, 0.2) is 5.11 Å². The fourth-order valence-electron chi connectivity index (χ4n) is 5.41. The Morgan fingerprint density at radius 2 is 1.77 bits per heavy atom. The minimum Gasteiger partial charge on any atom is -0.352 e. The van der Waals surface area contributed by atoms with Gasteiger partial charge in [-0.25, -0.2) is 0 Å². The quantitative estimate of drug-likeness (QED) is 0.564. The number of aryl methyl sites for hydroxylation is 1. The van der Waals surface area contributed by atoms with Crippen LogP contribution in [0, 0.1) is 13.8 Å². The monoisotopic (exact) mass is 431 g/mol. The summed E-state index contributed by atoms with van der Waals surface area (Å²) in [7, 11) is 0. The third-order valence-corrected chi connectivity index (χ3v) is 7.14. The van der Waals surface area contributed by atoms with Gasteiger partial charge in [-0.15, -0.1) is 0 Å². The van der Waals surface area contributed by atoms with Gasteiger partial charge in [0.25, 0.3) is 0 Å². The van der Waals surface area contributed by atoms with Crippen molar-refractivity contribution in [3.8, 4) is 0 Å². The van der Waals surface area contributed by atoms with Crippen LogP contribution in [0.5, 0.6) is 0 Å². The van der Waals surface area contributed by atoms with Crippen LogP contribution in [0.25, 0.3) is 0 Å². The van der Waals surface area contributed by atoms with Gasteiger partial charge in [0.1, 0.15) is 0 Å². The van der Waals surface area contributed by atoms with E-state index in [9.17, 15) is 0 Å². The lowest BCUT2D eigenvalue weighted by Gasteiger charge is -2.28. The zero-order chi connectivity index (χ0) is 21.4. The molecule has 6 heteroatoms. The predicted molar refractivity (Wildman–Crippen MR) is 127 cm³/mol. The second-order valence-corrected chi connectivity index (χ2v) is 9.10. The van der Waals surface area contributed by atoms with Crippen LogP contribution in [0.1, 0.15) is 72.1 Å². The molecule has 31 heavy (non-hydrogen) atoms. The van der Waals surface area contributed by atoms with E-state index in [-0.39, 0.29) is 12.1 Å². The molecule has 5 nitrogen and oxygen atoms in total. The van der Waals surface area contributed by atoms with E-state index in [2.05, 4.69) is 56.8 Å². The number of nitrogens with one attached hydrogen (secondary N) is 1. The Labute approximate surface area is 189 Å². The first-order valence-corrected chi connectivity index (χ1v) is 11.6. The SMILES string of the molecule is Cc1cc([C@@H]2[C@H](c3ccccn3)NC(=S)N2Cc2ccccn2)c(C)n1C1CCCC1. The average Bonchev–Trinajstić information content (AvgIpc) is 3.49. The molecule has 2 atom stereocenters. The molecule has 1 aliphatic heterocycles. The van der Waals surface area contributed by atoms with Crippen molar-refractivity contribution in [1.82, 2.24) is 24.8 Å². The van der Waals surface area contributed by atoms with Crippen LogP contribution in [0.3, 0.4) is 0 Å². The summed E-state index contributed by atoms with van der Waals surface area (Å²) in [6.45, 7) is 5.19. The maximum absolute atomic E-state index is 5.84. The van der Waals surface area contributed by atoms with E-state index in [4.69, 9.17) is 12.2 Å². The number of hydrogen-bond donors (Lipinski definition) is 1. The molecule has 2 fully saturated rings. The Morgan fingerprint density at radius 3 is 2.45 bits per heavy atom. The van der Waals surface area contributed by atoms with E-state index in [0.29, 0.717) is 12.6 Å². The standard InChI is InChI=1S/C25H29N5S/c1-17-15-21(18(2)30(17)20-10-3-4-11-20)24-23(22-12-6-8-14-27-22)28-25(31)29(24)16-19-9-5-7-13-26-19/h5-9,12-15,20,23-24H,3-4,10-11,16H2,1-2H3,(H,28,31)/t23-,24+/m0/s1. The van der Waals surface area contributed by atoms with Gasteiger partial charge in [0.05, 0.1) is 30.0 Å². The summed E-state index contributed by atoms with van der Waals surface area (Å²) in [6, 6.07) is 15.2. The molecule has 0 spiro atoms. The zero-order valence-electron chi connectivity index (χ0n) is 18.2. The summed E-state index contributed by atoms with van der Waals surface area (Å²) >= 11 is 5.84. The minimum absolute atomic E-state index is 0.00920. The molecule has 0 amide bonds. The van der Waals surface area contributed by atoms with Gasteiger partial charge in [-0.1, -0.05) is 25.0 Å². The molecule has 3 aromatic heterocycles. The second-order valence-electron chi connectivity index (χ2n) is 8.71. The lowest BCUT2D eigenvalue weighted by molar-refractivity contribution is 0.306. The summed E-state index contributed by atoms with van der Waals surface area (Å²) in [5.74, 6) is 0. The van der Waals surface area contributed by atoms with E-state index in [1.165, 1.54) is 42.6 Å². The van der Waals surface area contributed by atoms with Crippen molar-refractivity contribution < 1.29 is 0 Å². The number of hydrogen-bond acceptors (Lipinski definition) is 3. The molecule has 1 saturated carbocycles. The van der Waals surface area contributed by atoms with Crippen molar-refractivity contribution >= 4 is 17.3 Å². The first-order chi connectivity index (χ1) is 15.1. The molecule has 0 aromatic carbocycles. The molecule has 4 heterocycles. The van der Waals surface area contributed by atoms with Crippen LogP contribution in [-0.2, 0) is 6.54 Å². The molecule has 2 aliphatic rings. The molecule has 160 valence electrons. The third kappa shape index (κ3) is 3.74. The molecular weight excluding hydrogens is 402 g/mol. The van der Waals surface area contributed by atoms with E-state index in [1.54, 1.807) is 0 Å². The van der Waals surface area contributed by atoms with Crippen molar-refractivity contribution in [2.24, 2.45) is 0 Å². The fourth-order valence-corrected chi connectivity index (χ4v) is 5.71. The molecular formula is C25H29N5S. The van der Waals surface area contributed by atoms with Crippen LogP contribution in [0.4, 0.5) is 0 Å². The van der Waals surface area contributed by atoms with Crippen LogP contribution < -0.4 is 5.32 Å². The smallest absolute Gasteiger partial charge is 0.170 e. The molecule has 0 unspecified atom stereocenters. The van der Waals surface area contributed by atoms with Gasteiger partial charge < -0.3 is 14.8 Å². The molecule has 5 rings (SSSR count). The van der Waals surface area contributed by atoms with Crippen LogP contribution in [0.2, 0.25) is 0 Å². The van der Waals surface area contributed by atoms with Gasteiger partial charge in [-0.2, -0.15) is 0 Å². The van der Waals surface area contributed by atoms with Crippen LogP contribution in [-0.4, -0.2) is 24.5 Å². The molecule has 3 aromatic rings. The van der Waals surface area contributed by atoms with Crippen molar-refractivity contribution in [3.05, 3.63) is 83.2 Å². The Morgan fingerprint density at radius 1 is 1.03 bits per heavy atom. The number of aromatic nitrogens is 3. The Kier molecular flexibility index (Phi) is 5.48. The van der Waals surface area contributed by atoms with Gasteiger partial charge in [0, 0.05) is 29.8 Å². The predicted octanol–water partition coefficient (Wildman–Crippen LogP) is 5.18. The zero-order valence-corrected chi connectivity index (χ0v) is 19.0. The number of thiocarbonyl (C=S) groups is 1. The molecule has 1 saturated heterocycles. The van der Waals surface area contributed by atoms with Crippen LogP contribution in [0.15, 0.2) is 54.9 Å². The number of pyridine rings is 2. The van der Waals surface area contributed by atoms with Gasteiger partial charge >= 0.3 is 0 Å². The topological polar surface area (TPSA) is 46.0 Å². The van der Waals surface area contributed by atoms with Crippen LogP contribution >= 0.6 is 12.2 Å². The van der Waals surface area contributed by atoms with Gasteiger partial charge in [-0.05, 0) is 74.8 Å². The maximum atomic E-state index is 5.84. The Hall–Kier alpha value is -2.73. The van der Waals surface area contributed by atoms with E-state index < -0.39 is 0 Å². The molecule has 1 aliphatic carbocycles. The first-order valence-electron chi connectivity index (χ1n) is 11.2. The summed E-state index contributed by atoms with van der Waals surface area (Å²) in [5, 5.41) is 4.33. The van der Waals surface area contributed by atoms with E-state index >= 15 is 0 Å². The summed E-state index contributed by atoms with van der Waals surface area (Å²) in [4.78, 5) is 11.5. The van der Waals surface area contributed by atoms with E-state index in [0.717, 1.165) is 16.5 Å². The summed E-state index contributed by atoms with van der Waals surface area (Å²) < 4.78 is 2.57. The Bertz CT molecular complexity index is 1060. The lowest BCUT2D eigenvalue weighted by atomic mass is 9.96. The highest BCUT2D eigenvalue weighted by Crippen LogP contribution is 2.43. The fraction of sp³-hybridized carbons (Fsp3) is 0.400. The highest BCUT2D eigenvalue weighted by molar-refractivity contribution is 7.80. The summed E-state index contributed by atoms with van der Waals surface area (Å²) in [6.07, 6.45) is 8.92.